The fraction of sp³-hybridized carbons (Fsp3) is 0.121. The van der Waals surface area contributed by atoms with Crippen molar-refractivity contribution in [1.29, 1.82) is 0 Å². The molecule has 43 heavy (non-hydrogen) atoms. The van der Waals surface area contributed by atoms with E-state index >= 15 is 0 Å². The van der Waals surface area contributed by atoms with Crippen LogP contribution in [-0.4, -0.2) is 41.9 Å². The first-order valence-corrected chi connectivity index (χ1v) is 16.5. The number of sulfone groups is 1. The van der Waals surface area contributed by atoms with Gasteiger partial charge in [0.2, 0.25) is 0 Å². The molecule has 10 heteroatoms. The SMILES string of the molecule is CS(=O)(=O)CCN(Cc1cnc(-c2ccc3c(Nc4ccc(Oc5ccccc5)cc4)ncnc3c2)s1)c1ccccc1. The lowest BCUT2D eigenvalue weighted by Crippen LogP contribution is -2.28. The van der Waals surface area contributed by atoms with Crippen LogP contribution in [-0.2, 0) is 16.4 Å². The second kappa shape index (κ2) is 12.6. The minimum absolute atomic E-state index is 0.0832. The Morgan fingerprint density at radius 3 is 2.30 bits per heavy atom. The van der Waals surface area contributed by atoms with Crippen LogP contribution in [0.2, 0.25) is 0 Å². The zero-order chi connectivity index (χ0) is 29.6. The van der Waals surface area contributed by atoms with E-state index in [4.69, 9.17) is 4.74 Å². The average molecular weight is 608 g/mol. The van der Waals surface area contributed by atoms with Crippen LogP contribution < -0.4 is 15.0 Å². The average Bonchev–Trinajstić information content (AvgIpc) is 3.49. The Kier molecular flexibility index (Phi) is 8.30. The van der Waals surface area contributed by atoms with Crippen molar-refractivity contribution >= 4 is 49.3 Å². The monoisotopic (exact) mass is 607 g/mol. The minimum Gasteiger partial charge on any atom is -0.457 e. The molecule has 0 spiro atoms. The molecule has 216 valence electrons. The number of rotatable bonds is 11. The van der Waals surface area contributed by atoms with Gasteiger partial charge in [-0.3, -0.25) is 0 Å². The number of hydrogen-bond donors (Lipinski definition) is 1. The molecule has 2 aromatic heterocycles. The van der Waals surface area contributed by atoms with Gasteiger partial charge >= 0.3 is 0 Å². The van der Waals surface area contributed by atoms with E-state index in [1.54, 1.807) is 17.7 Å². The van der Waals surface area contributed by atoms with Crippen molar-refractivity contribution in [3.8, 4) is 22.1 Å². The summed E-state index contributed by atoms with van der Waals surface area (Å²) in [6, 6.07) is 33.3. The first kappa shape index (κ1) is 28.3. The van der Waals surface area contributed by atoms with E-state index in [1.165, 1.54) is 6.26 Å². The molecule has 0 aliphatic heterocycles. The third-order valence-corrected chi connectivity index (χ3v) is 8.69. The molecule has 0 unspecified atom stereocenters. The van der Waals surface area contributed by atoms with Crippen LogP contribution in [0, 0.1) is 0 Å². The molecule has 6 aromatic rings. The fourth-order valence-electron chi connectivity index (χ4n) is 4.57. The van der Waals surface area contributed by atoms with Crippen LogP contribution >= 0.6 is 11.3 Å². The molecule has 0 aliphatic carbocycles. The maximum Gasteiger partial charge on any atom is 0.149 e. The quantitative estimate of drug-likeness (QED) is 0.163. The van der Waals surface area contributed by atoms with Gasteiger partial charge in [-0.05, 0) is 60.7 Å². The van der Waals surface area contributed by atoms with Gasteiger partial charge in [0.05, 0.1) is 17.8 Å². The molecule has 8 nitrogen and oxygen atoms in total. The maximum absolute atomic E-state index is 11.9. The number of ether oxygens (including phenoxy) is 1. The van der Waals surface area contributed by atoms with Crippen molar-refractivity contribution in [3.05, 3.63) is 121 Å². The Morgan fingerprint density at radius 2 is 1.56 bits per heavy atom. The number of thiazole rings is 1. The van der Waals surface area contributed by atoms with E-state index in [-0.39, 0.29) is 5.75 Å². The minimum atomic E-state index is -3.09. The number of anilines is 3. The van der Waals surface area contributed by atoms with Gasteiger partial charge < -0.3 is 15.0 Å². The number of fused-ring (bicyclic) bond motifs is 1. The van der Waals surface area contributed by atoms with Crippen LogP contribution in [0.5, 0.6) is 11.5 Å². The zero-order valence-electron chi connectivity index (χ0n) is 23.4. The second-order valence-electron chi connectivity index (χ2n) is 10.0. The highest BCUT2D eigenvalue weighted by Crippen LogP contribution is 2.32. The second-order valence-corrected chi connectivity index (χ2v) is 13.4. The standard InChI is InChI=1S/C33H29N5O3S2/c1-43(39,40)19-18-38(26-8-4-2-5-9-26)22-29-21-34-33(42-29)24-12-17-30-31(20-24)35-23-36-32(30)37-25-13-15-28(16-14-25)41-27-10-6-3-7-11-27/h2-17,20-21,23H,18-19,22H2,1H3,(H,35,36,37). The molecule has 1 N–H and O–H groups in total. The third-order valence-electron chi connectivity index (χ3n) is 6.73. The van der Waals surface area contributed by atoms with Gasteiger partial charge in [-0.15, -0.1) is 11.3 Å². The Bertz CT molecular complexity index is 1930. The van der Waals surface area contributed by atoms with E-state index < -0.39 is 9.84 Å². The molecule has 2 heterocycles. The molecular formula is C33H29N5O3S2. The highest BCUT2D eigenvalue weighted by atomic mass is 32.2. The van der Waals surface area contributed by atoms with Crippen molar-refractivity contribution < 1.29 is 13.2 Å². The zero-order valence-corrected chi connectivity index (χ0v) is 25.1. The molecule has 4 aromatic carbocycles. The van der Waals surface area contributed by atoms with E-state index in [1.807, 2.05) is 109 Å². The topological polar surface area (TPSA) is 97.3 Å². The van der Waals surface area contributed by atoms with E-state index in [9.17, 15) is 8.42 Å². The molecular weight excluding hydrogens is 579 g/mol. The summed E-state index contributed by atoms with van der Waals surface area (Å²) in [5.41, 5.74) is 3.61. The summed E-state index contributed by atoms with van der Waals surface area (Å²) in [5.74, 6) is 2.32. The summed E-state index contributed by atoms with van der Waals surface area (Å²) in [6.07, 6.45) is 4.68. The number of aromatic nitrogens is 3. The fourth-order valence-corrected chi connectivity index (χ4v) is 6.05. The molecule has 0 bridgehead atoms. The van der Waals surface area contributed by atoms with Gasteiger partial charge in [-0.25, -0.2) is 23.4 Å². The highest BCUT2D eigenvalue weighted by molar-refractivity contribution is 7.90. The Balaban J connectivity index is 1.17. The summed E-state index contributed by atoms with van der Waals surface area (Å²) in [4.78, 5) is 16.8. The first-order valence-electron chi connectivity index (χ1n) is 13.7. The number of para-hydroxylation sites is 2. The lowest BCUT2D eigenvalue weighted by atomic mass is 10.1. The normalized spacial score (nSPS) is 11.4. The van der Waals surface area contributed by atoms with Crippen molar-refractivity contribution in [1.82, 2.24) is 15.0 Å². The summed E-state index contributed by atoms with van der Waals surface area (Å²) in [7, 11) is -3.09. The number of nitrogens with one attached hydrogen (secondary N) is 1. The molecule has 0 aliphatic rings. The Hall–Kier alpha value is -4.80. The summed E-state index contributed by atoms with van der Waals surface area (Å²) in [5, 5.41) is 5.16. The van der Waals surface area contributed by atoms with Gasteiger partial charge in [0.25, 0.3) is 0 Å². The van der Waals surface area contributed by atoms with Gasteiger partial charge in [0.15, 0.2) is 0 Å². The van der Waals surface area contributed by atoms with Gasteiger partial charge in [-0.2, -0.15) is 0 Å². The Morgan fingerprint density at radius 1 is 0.837 bits per heavy atom. The van der Waals surface area contributed by atoms with Crippen LogP contribution in [0.3, 0.4) is 0 Å². The van der Waals surface area contributed by atoms with E-state index in [0.717, 1.165) is 49.2 Å². The van der Waals surface area contributed by atoms with Crippen molar-refractivity contribution in [2.45, 2.75) is 6.54 Å². The van der Waals surface area contributed by atoms with Crippen LogP contribution in [0.4, 0.5) is 17.2 Å². The predicted molar refractivity (Wildman–Crippen MR) is 174 cm³/mol. The molecule has 0 atom stereocenters. The van der Waals surface area contributed by atoms with Crippen LogP contribution in [0.15, 0.2) is 116 Å². The van der Waals surface area contributed by atoms with Crippen LogP contribution in [0.1, 0.15) is 4.88 Å². The number of nitrogens with zero attached hydrogens (tertiary/aromatic N) is 4. The molecule has 0 saturated carbocycles. The van der Waals surface area contributed by atoms with Crippen molar-refractivity contribution in [2.24, 2.45) is 0 Å². The molecule has 0 radical (unpaired) electrons. The highest BCUT2D eigenvalue weighted by Gasteiger charge is 2.14. The molecule has 0 saturated heterocycles. The largest absolute Gasteiger partial charge is 0.457 e. The summed E-state index contributed by atoms with van der Waals surface area (Å²) < 4.78 is 29.6. The summed E-state index contributed by atoms with van der Waals surface area (Å²) in [6.45, 7) is 0.970. The molecule has 6 rings (SSSR count). The van der Waals surface area contributed by atoms with E-state index in [0.29, 0.717) is 18.9 Å². The third kappa shape index (κ3) is 7.35. The van der Waals surface area contributed by atoms with E-state index in [2.05, 4.69) is 25.2 Å². The Labute approximate surface area is 254 Å². The molecule has 0 amide bonds. The number of hydrogen-bond acceptors (Lipinski definition) is 9. The predicted octanol–water partition coefficient (Wildman–Crippen LogP) is 7.34. The summed E-state index contributed by atoms with van der Waals surface area (Å²) >= 11 is 1.59. The number of benzene rings is 4. The van der Waals surface area contributed by atoms with Crippen molar-refractivity contribution in [2.75, 3.05) is 28.8 Å². The lowest BCUT2D eigenvalue weighted by molar-refractivity contribution is 0.483. The van der Waals surface area contributed by atoms with Gasteiger partial charge in [0.1, 0.15) is 38.5 Å². The van der Waals surface area contributed by atoms with Gasteiger partial charge in [-0.1, -0.05) is 42.5 Å². The maximum atomic E-state index is 11.9. The smallest absolute Gasteiger partial charge is 0.149 e. The van der Waals surface area contributed by atoms with Gasteiger partial charge in [0, 0.05) is 46.2 Å². The van der Waals surface area contributed by atoms with Crippen molar-refractivity contribution in [3.63, 3.8) is 0 Å². The first-order chi connectivity index (χ1) is 20.9. The molecule has 0 fully saturated rings. The lowest BCUT2D eigenvalue weighted by Gasteiger charge is -2.23. The van der Waals surface area contributed by atoms with Crippen LogP contribution in [0.25, 0.3) is 21.5 Å².